The highest BCUT2D eigenvalue weighted by Gasteiger charge is 2.36. The van der Waals surface area contributed by atoms with Crippen molar-refractivity contribution >= 4 is 17.7 Å². The number of rotatable bonds is 6. The topological polar surface area (TPSA) is 69.6 Å². The standard InChI is InChI=1S/C16H20N2O3/c19-15(20)9-11-3-5-13(6-4-11)17-16(21)18(14-7-8-14)10-12-1-2-12/h3-6,12,14H,1-2,7-10H2,(H,17,21)(H,19,20). The molecule has 5 heteroatoms. The van der Waals surface area contributed by atoms with Gasteiger partial charge in [0.2, 0.25) is 0 Å². The summed E-state index contributed by atoms with van der Waals surface area (Å²) < 4.78 is 0. The Bertz CT molecular complexity index is 533. The molecule has 2 amide bonds. The van der Waals surface area contributed by atoms with Crippen LogP contribution in [0.15, 0.2) is 24.3 Å². The number of amides is 2. The molecule has 2 aliphatic carbocycles. The molecule has 0 aliphatic heterocycles. The summed E-state index contributed by atoms with van der Waals surface area (Å²) in [6.07, 6.45) is 4.69. The maximum Gasteiger partial charge on any atom is 0.322 e. The van der Waals surface area contributed by atoms with Crippen LogP contribution < -0.4 is 5.32 Å². The van der Waals surface area contributed by atoms with Crippen LogP contribution in [0.5, 0.6) is 0 Å². The number of hydrogen-bond acceptors (Lipinski definition) is 2. The molecule has 112 valence electrons. The molecule has 1 aromatic carbocycles. The van der Waals surface area contributed by atoms with E-state index in [1.165, 1.54) is 12.8 Å². The Hall–Kier alpha value is -2.04. The average Bonchev–Trinajstić information content (AvgIpc) is 3.31. The molecule has 0 spiro atoms. The van der Waals surface area contributed by atoms with Crippen LogP contribution in [0.1, 0.15) is 31.2 Å². The lowest BCUT2D eigenvalue weighted by Gasteiger charge is -2.22. The predicted molar refractivity (Wildman–Crippen MR) is 79.3 cm³/mol. The van der Waals surface area contributed by atoms with E-state index in [4.69, 9.17) is 5.11 Å². The fraction of sp³-hybridized carbons (Fsp3) is 0.500. The fourth-order valence-electron chi connectivity index (χ4n) is 2.44. The first-order chi connectivity index (χ1) is 10.1. The minimum absolute atomic E-state index is 0.00407. The fourth-order valence-corrected chi connectivity index (χ4v) is 2.44. The van der Waals surface area contributed by atoms with Crippen molar-refractivity contribution in [2.24, 2.45) is 5.92 Å². The molecule has 2 fully saturated rings. The maximum absolute atomic E-state index is 12.3. The van der Waals surface area contributed by atoms with E-state index in [0.29, 0.717) is 12.0 Å². The van der Waals surface area contributed by atoms with Crippen molar-refractivity contribution in [2.45, 2.75) is 38.1 Å². The molecular weight excluding hydrogens is 268 g/mol. The van der Waals surface area contributed by atoms with Gasteiger partial charge in [-0.15, -0.1) is 0 Å². The second kappa shape index (κ2) is 5.76. The Balaban J connectivity index is 1.58. The molecule has 1 aromatic rings. The quantitative estimate of drug-likeness (QED) is 0.845. The van der Waals surface area contributed by atoms with Crippen LogP contribution in [0.2, 0.25) is 0 Å². The summed E-state index contributed by atoms with van der Waals surface area (Å²) in [6, 6.07) is 7.39. The van der Waals surface area contributed by atoms with E-state index in [1.54, 1.807) is 24.3 Å². The van der Waals surface area contributed by atoms with E-state index < -0.39 is 5.97 Å². The molecule has 5 nitrogen and oxygen atoms in total. The number of carboxylic acids is 1. The third kappa shape index (κ3) is 3.97. The zero-order chi connectivity index (χ0) is 14.8. The lowest BCUT2D eigenvalue weighted by molar-refractivity contribution is -0.136. The van der Waals surface area contributed by atoms with Gasteiger partial charge in [0, 0.05) is 18.3 Å². The van der Waals surface area contributed by atoms with Crippen LogP contribution in [0, 0.1) is 5.92 Å². The minimum Gasteiger partial charge on any atom is -0.481 e. The summed E-state index contributed by atoms with van der Waals surface area (Å²) in [7, 11) is 0. The third-order valence-electron chi connectivity index (χ3n) is 3.96. The molecule has 0 heterocycles. The Labute approximate surface area is 123 Å². The van der Waals surface area contributed by atoms with Crippen LogP contribution in [0.3, 0.4) is 0 Å². The van der Waals surface area contributed by atoms with Gasteiger partial charge >= 0.3 is 12.0 Å². The minimum atomic E-state index is -0.851. The van der Waals surface area contributed by atoms with Crippen molar-refractivity contribution < 1.29 is 14.7 Å². The van der Waals surface area contributed by atoms with E-state index in [-0.39, 0.29) is 12.5 Å². The Morgan fingerprint density at radius 3 is 2.33 bits per heavy atom. The van der Waals surface area contributed by atoms with Gasteiger partial charge in [0.05, 0.1) is 6.42 Å². The van der Waals surface area contributed by atoms with E-state index >= 15 is 0 Å². The molecule has 3 rings (SSSR count). The molecule has 0 bridgehead atoms. The molecule has 0 saturated heterocycles. The van der Waals surface area contributed by atoms with Gasteiger partial charge in [0.25, 0.3) is 0 Å². The van der Waals surface area contributed by atoms with Crippen LogP contribution >= 0.6 is 0 Å². The van der Waals surface area contributed by atoms with Gasteiger partial charge in [-0.2, -0.15) is 0 Å². The Morgan fingerprint density at radius 1 is 1.14 bits per heavy atom. The highest BCUT2D eigenvalue weighted by molar-refractivity contribution is 5.89. The van der Waals surface area contributed by atoms with Crippen molar-refractivity contribution in [3.63, 3.8) is 0 Å². The normalized spacial score (nSPS) is 17.3. The summed E-state index contributed by atoms with van der Waals surface area (Å²) in [5.41, 5.74) is 1.45. The van der Waals surface area contributed by atoms with Gasteiger partial charge in [-0.3, -0.25) is 4.79 Å². The lowest BCUT2D eigenvalue weighted by atomic mass is 10.1. The predicted octanol–water partition coefficient (Wildman–Crippen LogP) is 2.72. The van der Waals surface area contributed by atoms with Crippen LogP contribution in [0.4, 0.5) is 10.5 Å². The molecule has 0 aromatic heterocycles. The molecule has 21 heavy (non-hydrogen) atoms. The number of hydrogen-bond donors (Lipinski definition) is 2. The summed E-state index contributed by atoms with van der Waals surface area (Å²) in [6.45, 7) is 0.869. The van der Waals surface area contributed by atoms with Gasteiger partial charge in [-0.25, -0.2) is 4.79 Å². The van der Waals surface area contributed by atoms with E-state index in [9.17, 15) is 9.59 Å². The first-order valence-electron chi connectivity index (χ1n) is 7.50. The van der Waals surface area contributed by atoms with Crippen molar-refractivity contribution in [3.05, 3.63) is 29.8 Å². The molecule has 2 aliphatic rings. The largest absolute Gasteiger partial charge is 0.481 e. The molecular formula is C16H20N2O3. The van der Waals surface area contributed by atoms with E-state index in [2.05, 4.69) is 5.32 Å². The van der Waals surface area contributed by atoms with Crippen LogP contribution in [-0.2, 0) is 11.2 Å². The first kappa shape index (κ1) is 13.9. The lowest BCUT2D eigenvalue weighted by Crippen LogP contribution is -2.38. The monoisotopic (exact) mass is 288 g/mol. The highest BCUT2D eigenvalue weighted by atomic mass is 16.4. The highest BCUT2D eigenvalue weighted by Crippen LogP contribution is 2.35. The number of nitrogens with one attached hydrogen (secondary N) is 1. The molecule has 2 saturated carbocycles. The number of carbonyl (C=O) groups is 2. The maximum atomic E-state index is 12.3. The number of urea groups is 1. The number of benzene rings is 1. The number of carbonyl (C=O) groups excluding carboxylic acids is 1. The average molecular weight is 288 g/mol. The van der Waals surface area contributed by atoms with Crippen LogP contribution in [0.25, 0.3) is 0 Å². The number of carboxylic acid groups (broad SMARTS) is 1. The summed E-state index contributed by atoms with van der Waals surface area (Å²) in [4.78, 5) is 24.9. The zero-order valence-electron chi connectivity index (χ0n) is 11.9. The summed E-state index contributed by atoms with van der Waals surface area (Å²) >= 11 is 0. The number of aliphatic carboxylic acids is 1. The van der Waals surface area contributed by atoms with Gasteiger partial charge in [0.15, 0.2) is 0 Å². The van der Waals surface area contributed by atoms with Crippen molar-refractivity contribution in [3.8, 4) is 0 Å². The van der Waals surface area contributed by atoms with Crippen molar-refractivity contribution in [2.75, 3.05) is 11.9 Å². The van der Waals surface area contributed by atoms with E-state index in [0.717, 1.165) is 30.6 Å². The zero-order valence-corrected chi connectivity index (χ0v) is 11.9. The number of nitrogens with zero attached hydrogens (tertiary/aromatic N) is 1. The van der Waals surface area contributed by atoms with Crippen molar-refractivity contribution in [1.82, 2.24) is 4.90 Å². The third-order valence-corrected chi connectivity index (χ3v) is 3.96. The van der Waals surface area contributed by atoms with E-state index in [1.807, 2.05) is 4.90 Å². The second-order valence-electron chi connectivity index (χ2n) is 6.02. The summed E-state index contributed by atoms with van der Waals surface area (Å²) in [5, 5.41) is 11.7. The summed E-state index contributed by atoms with van der Waals surface area (Å²) in [5.74, 6) is -0.162. The Kier molecular flexibility index (Phi) is 3.82. The van der Waals surface area contributed by atoms with Gasteiger partial charge in [0.1, 0.15) is 0 Å². The van der Waals surface area contributed by atoms with Gasteiger partial charge < -0.3 is 15.3 Å². The second-order valence-corrected chi connectivity index (χ2v) is 6.02. The smallest absolute Gasteiger partial charge is 0.322 e. The number of anilines is 1. The molecule has 0 atom stereocenters. The molecule has 0 radical (unpaired) electrons. The van der Waals surface area contributed by atoms with Gasteiger partial charge in [-0.05, 0) is 49.3 Å². The first-order valence-corrected chi connectivity index (χ1v) is 7.50. The Morgan fingerprint density at radius 2 is 1.81 bits per heavy atom. The van der Waals surface area contributed by atoms with Crippen LogP contribution in [-0.4, -0.2) is 34.6 Å². The van der Waals surface area contributed by atoms with Gasteiger partial charge in [-0.1, -0.05) is 12.1 Å². The molecule has 0 unspecified atom stereocenters. The van der Waals surface area contributed by atoms with Crippen molar-refractivity contribution in [1.29, 1.82) is 0 Å². The SMILES string of the molecule is O=C(O)Cc1ccc(NC(=O)N(CC2CC2)C2CC2)cc1. The molecule has 2 N–H and O–H groups in total.